The van der Waals surface area contributed by atoms with E-state index >= 15 is 0 Å². The Balaban J connectivity index is 1.67. The Morgan fingerprint density at radius 3 is 2.54 bits per heavy atom. The van der Waals surface area contributed by atoms with Gasteiger partial charge in [-0.25, -0.2) is 0 Å². The molecule has 1 aromatic heterocycles. The third-order valence-corrected chi connectivity index (χ3v) is 5.08. The number of aromatic nitrogens is 1. The van der Waals surface area contributed by atoms with Crippen LogP contribution in [0.15, 0.2) is 54.7 Å². The number of H-pyrrole nitrogens is 1. The van der Waals surface area contributed by atoms with Crippen molar-refractivity contribution < 1.29 is 19.2 Å². The van der Waals surface area contributed by atoms with Crippen LogP contribution in [0.4, 0.5) is 5.69 Å². The topological polar surface area (TPSA) is 75.6 Å². The van der Waals surface area contributed by atoms with Crippen LogP contribution in [0.1, 0.15) is 24.2 Å². The number of aromatic amines is 1. The standard InChI is InChI=1S/C22H25N3O3/c1-4-25(14-21(26)24-16-9-11-17(28-3)12-10-16)15(2)22(27)19-13-23-20-8-6-5-7-18(19)20/h5-13,15,23H,4,14H2,1-3H3,(H,24,26)/p+1/t15-/m1/s1. The van der Waals surface area contributed by atoms with E-state index in [0.29, 0.717) is 17.8 Å². The van der Waals surface area contributed by atoms with Gasteiger partial charge >= 0.3 is 0 Å². The van der Waals surface area contributed by atoms with Crippen molar-refractivity contribution in [1.82, 2.24) is 4.98 Å². The van der Waals surface area contributed by atoms with Crippen molar-refractivity contribution in [3.05, 3.63) is 60.3 Å². The van der Waals surface area contributed by atoms with Crippen molar-refractivity contribution in [2.75, 3.05) is 25.5 Å². The second-order valence-corrected chi connectivity index (χ2v) is 6.80. The molecular formula is C22H26N3O3+. The molecule has 0 radical (unpaired) electrons. The van der Waals surface area contributed by atoms with Crippen LogP contribution in [0, 0.1) is 0 Å². The van der Waals surface area contributed by atoms with Gasteiger partial charge in [0.25, 0.3) is 5.91 Å². The van der Waals surface area contributed by atoms with Crippen LogP contribution >= 0.6 is 0 Å². The zero-order chi connectivity index (χ0) is 20.1. The Hall–Kier alpha value is -3.12. The minimum atomic E-state index is -0.328. The van der Waals surface area contributed by atoms with Gasteiger partial charge in [0.15, 0.2) is 6.54 Å². The number of nitrogens with one attached hydrogen (secondary N) is 3. The van der Waals surface area contributed by atoms with Gasteiger partial charge in [-0.1, -0.05) is 18.2 Å². The van der Waals surface area contributed by atoms with Crippen LogP contribution in [0.25, 0.3) is 10.9 Å². The Bertz CT molecular complexity index is 963. The number of carbonyl (C=O) groups excluding carboxylic acids is 2. The number of ketones is 1. The number of benzene rings is 2. The first kappa shape index (κ1) is 19.6. The van der Waals surface area contributed by atoms with E-state index in [2.05, 4.69) is 10.3 Å². The highest BCUT2D eigenvalue weighted by Gasteiger charge is 2.28. The average Bonchev–Trinajstić information content (AvgIpc) is 3.15. The first-order chi connectivity index (χ1) is 13.5. The molecule has 3 rings (SSSR count). The highest BCUT2D eigenvalue weighted by atomic mass is 16.5. The predicted octanol–water partition coefficient (Wildman–Crippen LogP) is 2.29. The SMILES string of the molecule is CC[NH+](CC(=O)Nc1ccc(OC)cc1)[C@H](C)C(=O)c1c[nH]c2ccccc12. The summed E-state index contributed by atoms with van der Waals surface area (Å²) in [7, 11) is 1.60. The van der Waals surface area contributed by atoms with E-state index in [1.165, 1.54) is 0 Å². The van der Waals surface area contributed by atoms with E-state index in [0.717, 1.165) is 21.6 Å². The first-order valence-electron chi connectivity index (χ1n) is 9.42. The van der Waals surface area contributed by atoms with Gasteiger partial charge in [0, 0.05) is 28.4 Å². The Kier molecular flexibility index (Phi) is 6.11. The minimum absolute atomic E-state index is 0.0338. The third-order valence-electron chi connectivity index (χ3n) is 5.08. The summed E-state index contributed by atoms with van der Waals surface area (Å²) < 4.78 is 5.12. The van der Waals surface area contributed by atoms with Gasteiger partial charge in [0.1, 0.15) is 11.8 Å². The molecule has 6 heteroatoms. The van der Waals surface area contributed by atoms with Crippen LogP contribution in [0.2, 0.25) is 0 Å². The summed E-state index contributed by atoms with van der Waals surface area (Å²) in [6.45, 7) is 4.75. The summed E-state index contributed by atoms with van der Waals surface area (Å²) in [6.07, 6.45) is 1.76. The summed E-state index contributed by atoms with van der Waals surface area (Å²) in [5.41, 5.74) is 2.31. The quantitative estimate of drug-likeness (QED) is 0.525. The van der Waals surface area contributed by atoms with Crippen molar-refractivity contribution >= 4 is 28.3 Å². The lowest BCUT2D eigenvalue weighted by Gasteiger charge is -2.23. The third kappa shape index (κ3) is 4.23. The Labute approximate surface area is 164 Å². The normalized spacial score (nSPS) is 13.1. The van der Waals surface area contributed by atoms with Gasteiger partial charge < -0.3 is 19.9 Å². The summed E-state index contributed by atoms with van der Waals surface area (Å²) in [4.78, 5) is 29.6. The molecule has 0 saturated carbocycles. The molecule has 0 bridgehead atoms. The number of rotatable bonds is 8. The maximum Gasteiger partial charge on any atom is 0.279 e. The van der Waals surface area contributed by atoms with Crippen LogP contribution in [-0.2, 0) is 4.79 Å². The van der Waals surface area contributed by atoms with Crippen molar-refractivity contribution in [2.24, 2.45) is 0 Å². The number of amides is 1. The molecule has 2 aromatic carbocycles. The lowest BCUT2D eigenvalue weighted by Crippen LogP contribution is -3.17. The monoisotopic (exact) mass is 380 g/mol. The van der Waals surface area contributed by atoms with E-state index in [1.54, 1.807) is 37.6 Å². The minimum Gasteiger partial charge on any atom is -0.497 e. The number of quaternary nitrogens is 1. The number of methoxy groups -OCH3 is 1. The van der Waals surface area contributed by atoms with Gasteiger partial charge in [-0.3, -0.25) is 9.59 Å². The summed E-state index contributed by atoms with van der Waals surface area (Å²) in [6, 6.07) is 14.6. The van der Waals surface area contributed by atoms with Gasteiger partial charge in [0.05, 0.1) is 13.7 Å². The van der Waals surface area contributed by atoms with E-state index in [4.69, 9.17) is 4.74 Å². The first-order valence-corrected chi connectivity index (χ1v) is 9.42. The fraction of sp³-hybridized carbons (Fsp3) is 0.273. The summed E-state index contributed by atoms with van der Waals surface area (Å²) >= 11 is 0. The van der Waals surface area contributed by atoms with E-state index in [-0.39, 0.29) is 24.3 Å². The van der Waals surface area contributed by atoms with Crippen molar-refractivity contribution in [3.63, 3.8) is 0 Å². The van der Waals surface area contributed by atoms with E-state index in [1.807, 2.05) is 38.1 Å². The number of carbonyl (C=O) groups is 2. The van der Waals surface area contributed by atoms with Crippen LogP contribution < -0.4 is 15.0 Å². The number of anilines is 1. The highest BCUT2D eigenvalue weighted by Crippen LogP contribution is 2.19. The second-order valence-electron chi connectivity index (χ2n) is 6.80. The second kappa shape index (κ2) is 8.71. The van der Waals surface area contributed by atoms with Crippen LogP contribution in [-0.4, -0.2) is 42.9 Å². The molecule has 0 saturated heterocycles. The molecule has 0 aliphatic rings. The summed E-state index contributed by atoms with van der Waals surface area (Å²) in [5, 5.41) is 3.80. The number of likely N-dealkylation sites (N-methyl/N-ethyl adjacent to an activating group) is 1. The molecular weight excluding hydrogens is 354 g/mol. The van der Waals surface area contributed by atoms with E-state index in [9.17, 15) is 9.59 Å². The number of hydrogen-bond donors (Lipinski definition) is 3. The number of ether oxygens (including phenoxy) is 1. The number of para-hydroxylation sites is 1. The van der Waals surface area contributed by atoms with Crippen LogP contribution in [0.3, 0.4) is 0 Å². The molecule has 0 fully saturated rings. The van der Waals surface area contributed by atoms with Gasteiger partial charge in [-0.05, 0) is 44.2 Å². The Morgan fingerprint density at radius 1 is 1.14 bits per heavy atom. The Morgan fingerprint density at radius 2 is 1.86 bits per heavy atom. The molecule has 0 aliphatic heterocycles. The fourth-order valence-corrected chi connectivity index (χ4v) is 3.36. The van der Waals surface area contributed by atoms with Crippen molar-refractivity contribution in [1.29, 1.82) is 0 Å². The molecule has 1 unspecified atom stereocenters. The molecule has 1 amide bonds. The molecule has 3 N–H and O–H groups in total. The van der Waals surface area contributed by atoms with Gasteiger partial charge in [0.2, 0.25) is 5.78 Å². The number of Topliss-reactive ketones (excluding diaryl/α,β-unsaturated/α-hetero) is 1. The number of fused-ring (bicyclic) bond motifs is 1. The largest absolute Gasteiger partial charge is 0.497 e. The molecule has 0 aliphatic carbocycles. The molecule has 2 atom stereocenters. The van der Waals surface area contributed by atoms with Crippen molar-refractivity contribution in [3.8, 4) is 5.75 Å². The highest BCUT2D eigenvalue weighted by molar-refractivity contribution is 6.09. The lowest BCUT2D eigenvalue weighted by molar-refractivity contribution is -0.903. The number of hydrogen-bond acceptors (Lipinski definition) is 3. The fourth-order valence-electron chi connectivity index (χ4n) is 3.36. The summed E-state index contributed by atoms with van der Waals surface area (Å²) in [5.74, 6) is 0.642. The zero-order valence-corrected chi connectivity index (χ0v) is 16.4. The maximum absolute atomic E-state index is 13.0. The smallest absolute Gasteiger partial charge is 0.279 e. The van der Waals surface area contributed by atoms with Crippen LogP contribution in [0.5, 0.6) is 5.75 Å². The molecule has 146 valence electrons. The van der Waals surface area contributed by atoms with Gasteiger partial charge in [-0.15, -0.1) is 0 Å². The average molecular weight is 380 g/mol. The molecule has 3 aromatic rings. The maximum atomic E-state index is 13.0. The molecule has 28 heavy (non-hydrogen) atoms. The predicted molar refractivity (Wildman–Crippen MR) is 110 cm³/mol. The zero-order valence-electron chi connectivity index (χ0n) is 16.4. The van der Waals surface area contributed by atoms with E-state index < -0.39 is 0 Å². The lowest BCUT2D eigenvalue weighted by atomic mass is 10.0. The molecule has 6 nitrogen and oxygen atoms in total. The van der Waals surface area contributed by atoms with Gasteiger partial charge in [-0.2, -0.15) is 0 Å². The van der Waals surface area contributed by atoms with Crippen molar-refractivity contribution in [2.45, 2.75) is 19.9 Å². The molecule has 0 spiro atoms. The molecule has 1 heterocycles.